The lowest BCUT2D eigenvalue weighted by Gasteiger charge is -2.35. The quantitative estimate of drug-likeness (QED) is 0.791. The van der Waals surface area contributed by atoms with Crippen LogP contribution in [0.4, 0.5) is 0 Å². The van der Waals surface area contributed by atoms with Gasteiger partial charge in [0.05, 0.1) is 0 Å². The molecule has 5 heteroatoms. The van der Waals surface area contributed by atoms with E-state index in [1.807, 2.05) is 29.0 Å². The van der Waals surface area contributed by atoms with Crippen molar-refractivity contribution in [2.75, 3.05) is 6.61 Å². The van der Waals surface area contributed by atoms with E-state index in [-0.39, 0.29) is 12.4 Å². The number of hydrogen-bond donors (Lipinski definition) is 2. The Morgan fingerprint density at radius 2 is 1.80 bits per heavy atom. The molecule has 106 valence electrons. The molecule has 0 spiro atoms. The highest BCUT2D eigenvalue weighted by Crippen LogP contribution is 2.53. The standard InChI is InChI=1S/C15H16O4S/c1-12(16)11-19-15(14(17)18,20-9-5-6-10-20)13-7-3-2-4-8-13/h2-10,20H,11H2,1H3,(H,17,18). The fourth-order valence-corrected chi connectivity index (χ4v) is 3.99. The Morgan fingerprint density at radius 1 is 1.20 bits per heavy atom. The molecule has 1 aromatic rings. The molecule has 1 atom stereocenters. The predicted octanol–water partition coefficient (Wildman–Crippen LogP) is 2.57. The zero-order valence-electron chi connectivity index (χ0n) is 11.0. The molecule has 0 fully saturated rings. The van der Waals surface area contributed by atoms with Gasteiger partial charge in [-0.15, -0.1) is 0 Å². The van der Waals surface area contributed by atoms with Crippen LogP contribution in [0.15, 0.2) is 53.3 Å². The average molecular weight is 292 g/mol. The van der Waals surface area contributed by atoms with Crippen molar-refractivity contribution in [3.8, 4) is 0 Å². The third-order valence-corrected chi connectivity index (χ3v) is 5.20. The number of hydrogen-bond acceptors (Lipinski definition) is 3. The highest BCUT2D eigenvalue weighted by atomic mass is 32.2. The molecule has 20 heavy (non-hydrogen) atoms. The third kappa shape index (κ3) is 2.69. The van der Waals surface area contributed by atoms with Crippen molar-refractivity contribution in [2.45, 2.75) is 11.9 Å². The second-order valence-corrected chi connectivity index (χ2v) is 6.44. The van der Waals surface area contributed by atoms with Crippen LogP contribution in [0.2, 0.25) is 0 Å². The summed E-state index contributed by atoms with van der Waals surface area (Å²) in [6, 6.07) is 8.79. The van der Waals surface area contributed by atoms with Gasteiger partial charge in [0, 0.05) is 5.56 Å². The van der Waals surface area contributed by atoms with E-state index in [9.17, 15) is 14.7 Å². The zero-order chi connectivity index (χ0) is 14.6. The first-order valence-electron chi connectivity index (χ1n) is 6.13. The van der Waals surface area contributed by atoms with Gasteiger partial charge in [0.15, 0.2) is 5.78 Å². The van der Waals surface area contributed by atoms with Crippen LogP contribution in [0.25, 0.3) is 0 Å². The predicted molar refractivity (Wildman–Crippen MR) is 79.7 cm³/mol. The minimum absolute atomic E-state index is 0.200. The number of rotatable bonds is 6. The molecule has 0 aromatic heterocycles. The molecular weight excluding hydrogens is 276 g/mol. The molecule has 1 aliphatic rings. The van der Waals surface area contributed by atoms with Crippen LogP contribution < -0.4 is 0 Å². The van der Waals surface area contributed by atoms with Gasteiger partial charge in [0.2, 0.25) is 4.93 Å². The summed E-state index contributed by atoms with van der Waals surface area (Å²) in [6.07, 6.45) is 3.62. The van der Waals surface area contributed by atoms with Gasteiger partial charge in [-0.3, -0.25) is 4.79 Å². The minimum Gasteiger partial charge on any atom is -0.478 e. The molecule has 1 N–H and O–H groups in total. The van der Waals surface area contributed by atoms with Crippen molar-refractivity contribution < 1.29 is 19.4 Å². The molecule has 0 aliphatic carbocycles. The highest BCUT2D eigenvalue weighted by Gasteiger charge is 2.46. The first-order valence-corrected chi connectivity index (χ1v) is 7.61. The topological polar surface area (TPSA) is 63.6 Å². The van der Waals surface area contributed by atoms with Crippen LogP contribution in [-0.4, -0.2) is 23.5 Å². The zero-order valence-corrected chi connectivity index (χ0v) is 11.9. The van der Waals surface area contributed by atoms with Crippen LogP contribution >= 0.6 is 10.9 Å². The number of carbonyl (C=O) groups excluding carboxylic acids is 1. The Labute approximate surface area is 120 Å². The van der Waals surface area contributed by atoms with Crippen molar-refractivity contribution in [3.63, 3.8) is 0 Å². The summed E-state index contributed by atoms with van der Waals surface area (Å²) in [5.41, 5.74) is 0.552. The normalized spacial score (nSPS) is 17.9. The molecule has 0 saturated heterocycles. The first kappa shape index (κ1) is 14.6. The summed E-state index contributed by atoms with van der Waals surface area (Å²) in [5, 5.41) is 13.4. The van der Waals surface area contributed by atoms with E-state index in [0.717, 1.165) is 0 Å². The van der Waals surface area contributed by atoms with Crippen molar-refractivity contribution >= 4 is 22.6 Å². The number of thiol groups is 1. The van der Waals surface area contributed by atoms with E-state index in [4.69, 9.17) is 4.74 Å². The number of carboxylic acid groups (broad SMARTS) is 1. The summed E-state index contributed by atoms with van der Waals surface area (Å²) in [5.74, 6) is -1.28. The average Bonchev–Trinajstić information content (AvgIpc) is 2.94. The lowest BCUT2D eigenvalue weighted by atomic mass is 10.1. The molecule has 4 nitrogen and oxygen atoms in total. The molecular formula is C15H16O4S. The Bertz CT molecular complexity index is 552. The van der Waals surface area contributed by atoms with Crippen molar-refractivity contribution in [2.24, 2.45) is 0 Å². The first-order chi connectivity index (χ1) is 9.57. The van der Waals surface area contributed by atoms with Gasteiger partial charge in [-0.1, -0.05) is 42.5 Å². The van der Waals surface area contributed by atoms with E-state index in [2.05, 4.69) is 0 Å². The van der Waals surface area contributed by atoms with Crippen molar-refractivity contribution in [1.29, 1.82) is 0 Å². The smallest absolute Gasteiger partial charge is 0.350 e. The van der Waals surface area contributed by atoms with E-state index in [1.54, 1.807) is 24.3 Å². The van der Waals surface area contributed by atoms with Crippen molar-refractivity contribution in [3.05, 3.63) is 58.9 Å². The largest absolute Gasteiger partial charge is 0.478 e. The van der Waals surface area contributed by atoms with Gasteiger partial charge >= 0.3 is 5.97 Å². The molecule has 1 aromatic carbocycles. The summed E-state index contributed by atoms with van der Waals surface area (Å²) >= 11 is 0. The molecule has 1 unspecified atom stereocenters. The van der Waals surface area contributed by atoms with Crippen LogP contribution in [0, 0.1) is 0 Å². The number of benzene rings is 1. The van der Waals surface area contributed by atoms with Gasteiger partial charge in [-0.2, -0.15) is 10.9 Å². The van der Waals surface area contributed by atoms with Crippen LogP contribution in [0.5, 0.6) is 0 Å². The Balaban J connectivity index is 2.49. The Hall–Kier alpha value is -1.85. The maximum atomic E-state index is 11.9. The lowest BCUT2D eigenvalue weighted by Crippen LogP contribution is -2.38. The maximum Gasteiger partial charge on any atom is 0.350 e. The monoisotopic (exact) mass is 292 g/mol. The summed E-state index contributed by atoms with van der Waals surface area (Å²) < 4.78 is 5.60. The fraction of sp³-hybridized carbons (Fsp3) is 0.200. The summed E-state index contributed by atoms with van der Waals surface area (Å²) in [4.78, 5) is 21.6. The summed E-state index contributed by atoms with van der Waals surface area (Å²) in [6.45, 7) is 1.16. The number of aliphatic carboxylic acids is 1. The van der Waals surface area contributed by atoms with Gasteiger partial charge in [-0.25, -0.2) is 4.79 Å². The van der Waals surface area contributed by atoms with E-state index in [1.165, 1.54) is 6.92 Å². The van der Waals surface area contributed by atoms with Gasteiger partial charge in [-0.05, 0) is 17.7 Å². The maximum absolute atomic E-state index is 11.9. The highest BCUT2D eigenvalue weighted by molar-refractivity contribution is 8.23. The second-order valence-electron chi connectivity index (χ2n) is 4.40. The number of carbonyl (C=O) groups is 2. The summed E-state index contributed by atoms with van der Waals surface area (Å²) in [7, 11) is -1.17. The van der Waals surface area contributed by atoms with Crippen LogP contribution in [0.1, 0.15) is 12.5 Å². The van der Waals surface area contributed by atoms with Gasteiger partial charge in [0.25, 0.3) is 0 Å². The van der Waals surface area contributed by atoms with Crippen LogP contribution in [0.3, 0.4) is 0 Å². The number of allylic oxidation sites excluding steroid dienone is 2. The van der Waals surface area contributed by atoms with Crippen molar-refractivity contribution in [1.82, 2.24) is 0 Å². The van der Waals surface area contributed by atoms with Gasteiger partial charge in [0.1, 0.15) is 6.61 Å². The minimum atomic E-state index is -1.51. The lowest BCUT2D eigenvalue weighted by molar-refractivity contribution is -0.156. The molecule has 0 amide bonds. The Kier molecular flexibility index (Phi) is 4.42. The molecule has 0 bridgehead atoms. The number of carboxylic acids is 1. The van der Waals surface area contributed by atoms with E-state index < -0.39 is 21.8 Å². The molecule has 2 rings (SSSR count). The van der Waals surface area contributed by atoms with E-state index >= 15 is 0 Å². The molecule has 1 aliphatic heterocycles. The van der Waals surface area contributed by atoms with E-state index in [0.29, 0.717) is 5.56 Å². The molecule has 0 radical (unpaired) electrons. The Morgan fingerprint density at radius 3 is 2.30 bits per heavy atom. The number of Topliss-reactive ketones (excluding diaryl/α,β-unsaturated/α-hetero) is 1. The number of ether oxygens (including phenoxy) is 1. The SMILES string of the molecule is CC(=O)COC(C(=O)O)(c1ccccc1)[SH]1C=CC=C1. The third-order valence-electron chi connectivity index (χ3n) is 2.91. The van der Waals surface area contributed by atoms with Crippen LogP contribution in [-0.2, 0) is 19.3 Å². The van der Waals surface area contributed by atoms with Gasteiger partial charge < -0.3 is 9.84 Å². The fourth-order valence-electron chi connectivity index (χ4n) is 2.02. The number of ketones is 1. The molecule has 1 heterocycles. The second kappa shape index (κ2) is 6.07. The molecule has 0 saturated carbocycles.